The fourth-order valence-corrected chi connectivity index (χ4v) is 6.62. The van der Waals surface area contributed by atoms with Gasteiger partial charge in [-0.3, -0.25) is 4.79 Å². The van der Waals surface area contributed by atoms with Gasteiger partial charge in [-0.15, -0.1) is 0 Å². The van der Waals surface area contributed by atoms with Crippen LogP contribution in [0.1, 0.15) is 24.0 Å². The average molecular weight is 444 g/mol. The van der Waals surface area contributed by atoms with Crippen molar-refractivity contribution >= 4 is 26.0 Å². The van der Waals surface area contributed by atoms with Crippen LogP contribution >= 0.6 is 0 Å². The van der Waals surface area contributed by atoms with Crippen molar-refractivity contribution in [1.82, 2.24) is 13.5 Å². The molecule has 2 heterocycles. The Morgan fingerprint density at radius 3 is 2.21 bits per heavy atom. The van der Waals surface area contributed by atoms with Crippen molar-refractivity contribution in [2.24, 2.45) is 5.92 Å². The second-order valence-corrected chi connectivity index (χ2v) is 11.8. The number of hydrogen-bond acceptors (Lipinski definition) is 5. The molecule has 10 heteroatoms. The van der Waals surface area contributed by atoms with Crippen LogP contribution in [0.15, 0.2) is 23.1 Å². The zero-order valence-corrected chi connectivity index (χ0v) is 18.8. The maximum Gasteiger partial charge on any atom is 0.243 e. The fourth-order valence-electron chi connectivity index (χ4n) is 4.08. The predicted octanol–water partition coefficient (Wildman–Crippen LogP) is 0.808. The molecule has 1 unspecified atom stereocenters. The number of benzene rings is 1. The Morgan fingerprint density at radius 2 is 1.62 bits per heavy atom. The third-order valence-corrected chi connectivity index (χ3v) is 9.03. The summed E-state index contributed by atoms with van der Waals surface area (Å²) in [6.45, 7) is 5.48. The number of piperazine rings is 1. The molecule has 1 aromatic rings. The van der Waals surface area contributed by atoms with Crippen molar-refractivity contribution in [2.75, 3.05) is 45.5 Å². The molecule has 29 heavy (non-hydrogen) atoms. The van der Waals surface area contributed by atoms with Gasteiger partial charge in [0, 0.05) is 39.3 Å². The molecule has 0 saturated carbocycles. The smallest absolute Gasteiger partial charge is 0.243 e. The molecule has 8 nitrogen and oxygen atoms in total. The molecule has 2 aliphatic rings. The van der Waals surface area contributed by atoms with E-state index in [-0.39, 0.29) is 31.5 Å². The zero-order chi connectivity index (χ0) is 21.4. The molecule has 2 aliphatic heterocycles. The zero-order valence-electron chi connectivity index (χ0n) is 17.2. The van der Waals surface area contributed by atoms with E-state index in [2.05, 4.69) is 0 Å². The number of carbonyl (C=O) groups is 1. The van der Waals surface area contributed by atoms with Crippen LogP contribution in [0.25, 0.3) is 0 Å². The van der Waals surface area contributed by atoms with E-state index in [1.807, 2.05) is 13.0 Å². The molecule has 2 fully saturated rings. The number of hydrogen-bond donors (Lipinski definition) is 0. The van der Waals surface area contributed by atoms with Crippen LogP contribution in [0, 0.1) is 19.8 Å². The molecule has 0 spiro atoms. The van der Waals surface area contributed by atoms with Gasteiger partial charge in [0.1, 0.15) is 0 Å². The second-order valence-electron chi connectivity index (χ2n) is 7.96. The summed E-state index contributed by atoms with van der Waals surface area (Å²) in [6, 6.07) is 5.28. The Kier molecular flexibility index (Phi) is 6.38. The second kappa shape index (κ2) is 8.33. The van der Waals surface area contributed by atoms with Crippen LogP contribution in [0.4, 0.5) is 0 Å². The van der Waals surface area contributed by atoms with Crippen LogP contribution in [-0.2, 0) is 24.8 Å². The van der Waals surface area contributed by atoms with Crippen LogP contribution < -0.4 is 0 Å². The molecule has 0 aromatic heterocycles. The largest absolute Gasteiger partial charge is 0.340 e. The maximum atomic E-state index is 13.0. The molecule has 0 bridgehead atoms. The quantitative estimate of drug-likeness (QED) is 0.686. The third kappa shape index (κ3) is 4.82. The molecular formula is C19H29N3O5S2. The molecule has 0 N–H and O–H groups in total. The molecule has 2 saturated heterocycles. The van der Waals surface area contributed by atoms with Gasteiger partial charge in [0.05, 0.1) is 17.1 Å². The first kappa shape index (κ1) is 22.2. The van der Waals surface area contributed by atoms with Gasteiger partial charge >= 0.3 is 0 Å². The first-order valence-electron chi connectivity index (χ1n) is 9.81. The standard InChI is InChI=1S/C19H29N3O5S2/c1-15-6-7-18(16(2)13-15)29(26,27)21-11-9-20(10-12-21)19(23)17-5-4-8-22(14-17)28(3,24)25/h6-7,13,17H,4-5,8-12,14H2,1-3H3. The summed E-state index contributed by atoms with van der Waals surface area (Å²) in [5.41, 5.74) is 1.72. The molecule has 1 amide bonds. The van der Waals surface area contributed by atoms with Crippen LogP contribution in [0.3, 0.4) is 0 Å². The lowest BCUT2D eigenvalue weighted by atomic mass is 9.98. The molecule has 1 aromatic carbocycles. The first-order chi connectivity index (χ1) is 13.5. The highest BCUT2D eigenvalue weighted by atomic mass is 32.2. The Hall–Kier alpha value is -1.49. The predicted molar refractivity (Wildman–Crippen MR) is 110 cm³/mol. The number of amides is 1. The van der Waals surface area contributed by atoms with Gasteiger partial charge in [-0.2, -0.15) is 4.31 Å². The van der Waals surface area contributed by atoms with E-state index in [1.165, 1.54) is 8.61 Å². The lowest BCUT2D eigenvalue weighted by Crippen LogP contribution is -2.54. The lowest BCUT2D eigenvalue weighted by molar-refractivity contribution is -0.137. The van der Waals surface area contributed by atoms with Crippen molar-refractivity contribution in [2.45, 2.75) is 31.6 Å². The van der Waals surface area contributed by atoms with Gasteiger partial charge in [-0.1, -0.05) is 17.7 Å². The number of rotatable bonds is 4. The molecule has 3 rings (SSSR count). The summed E-state index contributed by atoms with van der Waals surface area (Å²) < 4.78 is 52.4. The fraction of sp³-hybridized carbons (Fsp3) is 0.632. The van der Waals surface area contributed by atoms with Gasteiger partial charge < -0.3 is 4.90 Å². The highest BCUT2D eigenvalue weighted by molar-refractivity contribution is 7.89. The van der Waals surface area contributed by atoms with Crippen molar-refractivity contribution in [3.8, 4) is 0 Å². The minimum Gasteiger partial charge on any atom is -0.340 e. The summed E-state index contributed by atoms with van der Waals surface area (Å²) in [5.74, 6) is -0.442. The number of sulfonamides is 2. The first-order valence-corrected chi connectivity index (χ1v) is 13.1. The SMILES string of the molecule is Cc1ccc(S(=O)(=O)N2CCN(C(=O)C3CCCN(S(C)(=O)=O)C3)CC2)c(C)c1. The van der Waals surface area contributed by atoms with Gasteiger partial charge in [-0.25, -0.2) is 21.1 Å². The molecule has 0 radical (unpaired) electrons. The summed E-state index contributed by atoms with van der Waals surface area (Å²) in [4.78, 5) is 14.9. The number of piperidine rings is 1. The van der Waals surface area contributed by atoms with Gasteiger partial charge in [0.2, 0.25) is 26.0 Å². The van der Waals surface area contributed by atoms with E-state index in [1.54, 1.807) is 24.0 Å². The Bertz CT molecular complexity index is 983. The van der Waals surface area contributed by atoms with E-state index in [9.17, 15) is 21.6 Å². The number of nitrogens with zero attached hydrogens (tertiary/aromatic N) is 3. The minimum absolute atomic E-state index is 0.0816. The summed E-state index contributed by atoms with van der Waals surface area (Å²) in [7, 11) is -6.92. The van der Waals surface area contributed by atoms with E-state index in [0.29, 0.717) is 42.9 Å². The molecular weight excluding hydrogens is 414 g/mol. The Balaban J connectivity index is 1.65. The van der Waals surface area contributed by atoms with Crippen LogP contribution in [0.5, 0.6) is 0 Å². The van der Waals surface area contributed by atoms with Crippen LogP contribution in [0.2, 0.25) is 0 Å². The van der Waals surface area contributed by atoms with E-state index in [4.69, 9.17) is 0 Å². The third-order valence-electron chi connectivity index (χ3n) is 5.70. The minimum atomic E-state index is -3.60. The molecule has 0 aliphatic carbocycles. The van der Waals surface area contributed by atoms with Crippen molar-refractivity contribution in [3.05, 3.63) is 29.3 Å². The van der Waals surface area contributed by atoms with Gasteiger partial charge in [0.25, 0.3) is 0 Å². The van der Waals surface area contributed by atoms with Crippen molar-refractivity contribution in [3.63, 3.8) is 0 Å². The number of aryl methyl sites for hydroxylation is 2. The Labute approximate surface area is 173 Å². The summed E-state index contributed by atoms with van der Waals surface area (Å²) >= 11 is 0. The summed E-state index contributed by atoms with van der Waals surface area (Å²) in [5, 5.41) is 0. The topological polar surface area (TPSA) is 95.1 Å². The van der Waals surface area contributed by atoms with Crippen LogP contribution in [-0.4, -0.2) is 81.8 Å². The van der Waals surface area contributed by atoms with Crippen molar-refractivity contribution < 1.29 is 21.6 Å². The molecule has 162 valence electrons. The van der Waals surface area contributed by atoms with E-state index < -0.39 is 20.0 Å². The van der Waals surface area contributed by atoms with E-state index in [0.717, 1.165) is 11.8 Å². The lowest BCUT2D eigenvalue weighted by Gasteiger charge is -2.38. The average Bonchev–Trinajstić information content (AvgIpc) is 2.66. The highest BCUT2D eigenvalue weighted by Crippen LogP contribution is 2.24. The van der Waals surface area contributed by atoms with Gasteiger partial charge in [-0.05, 0) is 38.3 Å². The maximum absolute atomic E-state index is 13.0. The highest BCUT2D eigenvalue weighted by Gasteiger charge is 2.36. The normalized spacial score (nSPS) is 22.6. The Morgan fingerprint density at radius 1 is 0.966 bits per heavy atom. The summed E-state index contributed by atoms with van der Waals surface area (Å²) in [6.07, 6.45) is 2.48. The molecule has 1 atom stereocenters. The van der Waals surface area contributed by atoms with E-state index >= 15 is 0 Å². The number of carbonyl (C=O) groups excluding carboxylic acids is 1. The van der Waals surface area contributed by atoms with Crippen molar-refractivity contribution in [1.29, 1.82) is 0 Å². The van der Waals surface area contributed by atoms with Gasteiger partial charge in [0.15, 0.2) is 0 Å². The monoisotopic (exact) mass is 443 g/mol.